The third kappa shape index (κ3) is 1.47. The maximum Gasteiger partial charge on any atom is 0.141 e. The van der Waals surface area contributed by atoms with Crippen molar-refractivity contribution in [3.8, 4) is 6.07 Å². The number of hydrogen-bond acceptors (Lipinski definition) is 2. The highest BCUT2D eigenvalue weighted by Crippen LogP contribution is 2.12. The van der Waals surface area contributed by atoms with Gasteiger partial charge in [0.25, 0.3) is 0 Å². The Balaban J connectivity index is 3.15. The molecule has 0 aromatic heterocycles. The number of benzene rings is 1. The van der Waals surface area contributed by atoms with Gasteiger partial charge in [0.15, 0.2) is 0 Å². The Morgan fingerprint density at radius 2 is 2.27 bits per heavy atom. The molecule has 0 aliphatic rings. The zero-order chi connectivity index (χ0) is 8.27. The van der Waals surface area contributed by atoms with Crippen LogP contribution in [0.3, 0.4) is 0 Å². The molecule has 1 aromatic carbocycles. The summed E-state index contributed by atoms with van der Waals surface area (Å²) in [5.41, 5.74) is 0.805. The predicted molar refractivity (Wildman–Crippen MR) is 40.7 cm³/mol. The second-order valence-electron chi connectivity index (χ2n) is 2.06. The van der Waals surface area contributed by atoms with Crippen LogP contribution in [-0.4, -0.2) is 7.05 Å². The second kappa shape index (κ2) is 3.02. The van der Waals surface area contributed by atoms with Gasteiger partial charge in [0, 0.05) is 12.7 Å². The van der Waals surface area contributed by atoms with Gasteiger partial charge in [-0.1, -0.05) is 0 Å². The van der Waals surface area contributed by atoms with Crippen molar-refractivity contribution in [3.63, 3.8) is 0 Å². The largest absolute Gasteiger partial charge is 0.388 e. The van der Waals surface area contributed by atoms with Crippen LogP contribution in [0.5, 0.6) is 0 Å². The van der Waals surface area contributed by atoms with Gasteiger partial charge in [0.05, 0.1) is 5.56 Å². The minimum absolute atomic E-state index is 0.0665. The lowest BCUT2D eigenvalue weighted by Gasteiger charge is -1.99. The van der Waals surface area contributed by atoms with E-state index in [0.717, 1.165) is 5.69 Å². The molecular weight excluding hydrogens is 143 g/mol. The molecule has 1 aromatic rings. The number of anilines is 1. The lowest BCUT2D eigenvalue weighted by atomic mass is 10.2. The Morgan fingerprint density at radius 3 is 2.82 bits per heavy atom. The monoisotopic (exact) mass is 150 g/mol. The average Bonchev–Trinajstić information content (AvgIpc) is 2.05. The van der Waals surface area contributed by atoms with Gasteiger partial charge in [0.1, 0.15) is 11.9 Å². The van der Waals surface area contributed by atoms with Crippen LogP contribution >= 0.6 is 0 Å². The van der Waals surface area contributed by atoms with E-state index in [4.69, 9.17) is 5.26 Å². The van der Waals surface area contributed by atoms with Crippen LogP contribution < -0.4 is 5.32 Å². The summed E-state index contributed by atoms with van der Waals surface area (Å²) in [7, 11) is 1.72. The van der Waals surface area contributed by atoms with Crippen LogP contribution in [0.25, 0.3) is 0 Å². The molecule has 0 saturated heterocycles. The standard InChI is InChI=1S/C8H7FN2/c1-11-7-2-3-8(9)6(4-7)5-10/h2-4,11H,1H3. The number of nitrogens with one attached hydrogen (secondary N) is 1. The van der Waals surface area contributed by atoms with E-state index in [1.807, 2.05) is 0 Å². The van der Waals surface area contributed by atoms with Gasteiger partial charge in [-0.2, -0.15) is 5.26 Å². The van der Waals surface area contributed by atoms with Crippen LogP contribution in [0, 0.1) is 17.1 Å². The normalized spacial score (nSPS) is 8.82. The summed E-state index contributed by atoms with van der Waals surface area (Å²) in [6, 6.07) is 6.07. The summed E-state index contributed by atoms with van der Waals surface area (Å²) >= 11 is 0. The number of nitriles is 1. The zero-order valence-corrected chi connectivity index (χ0v) is 6.06. The van der Waals surface area contributed by atoms with Crippen molar-refractivity contribution >= 4 is 5.69 Å². The molecule has 0 spiro atoms. The van der Waals surface area contributed by atoms with Crippen molar-refractivity contribution in [2.24, 2.45) is 0 Å². The maximum absolute atomic E-state index is 12.7. The van der Waals surface area contributed by atoms with Gasteiger partial charge in [-0.15, -0.1) is 0 Å². The lowest BCUT2D eigenvalue weighted by molar-refractivity contribution is 0.624. The van der Waals surface area contributed by atoms with Crippen molar-refractivity contribution in [2.45, 2.75) is 0 Å². The number of halogens is 1. The summed E-state index contributed by atoms with van der Waals surface area (Å²) < 4.78 is 12.7. The molecular formula is C8H7FN2. The molecule has 0 heterocycles. The molecule has 0 saturated carbocycles. The lowest BCUT2D eigenvalue weighted by Crippen LogP contribution is -1.90. The Kier molecular flexibility index (Phi) is 2.07. The van der Waals surface area contributed by atoms with E-state index in [9.17, 15) is 4.39 Å². The molecule has 0 fully saturated rings. The molecule has 0 atom stereocenters. The Morgan fingerprint density at radius 1 is 1.55 bits per heavy atom. The highest BCUT2D eigenvalue weighted by atomic mass is 19.1. The van der Waals surface area contributed by atoms with E-state index < -0.39 is 5.82 Å². The second-order valence-corrected chi connectivity index (χ2v) is 2.06. The van der Waals surface area contributed by atoms with E-state index in [0.29, 0.717) is 0 Å². The fourth-order valence-electron chi connectivity index (χ4n) is 0.766. The highest BCUT2D eigenvalue weighted by molar-refractivity contribution is 5.49. The van der Waals surface area contributed by atoms with Gasteiger partial charge in [-0.05, 0) is 18.2 Å². The van der Waals surface area contributed by atoms with Crippen LogP contribution in [0.1, 0.15) is 5.56 Å². The Bertz CT molecular complexity index is 301. The third-order valence-corrected chi connectivity index (χ3v) is 1.38. The summed E-state index contributed by atoms with van der Waals surface area (Å²) in [4.78, 5) is 0. The number of rotatable bonds is 1. The highest BCUT2D eigenvalue weighted by Gasteiger charge is 1.99. The zero-order valence-electron chi connectivity index (χ0n) is 6.06. The fraction of sp³-hybridized carbons (Fsp3) is 0.125. The SMILES string of the molecule is CNc1ccc(F)c(C#N)c1. The fourth-order valence-corrected chi connectivity index (χ4v) is 0.766. The first-order valence-electron chi connectivity index (χ1n) is 3.15. The van der Waals surface area contributed by atoms with E-state index in [-0.39, 0.29) is 5.56 Å². The van der Waals surface area contributed by atoms with Crippen molar-refractivity contribution in [2.75, 3.05) is 12.4 Å². The quantitative estimate of drug-likeness (QED) is 0.661. The van der Waals surface area contributed by atoms with E-state index in [2.05, 4.69) is 5.32 Å². The van der Waals surface area contributed by atoms with Crippen molar-refractivity contribution in [1.29, 1.82) is 5.26 Å². The third-order valence-electron chi connectivity index (χ3n) is 1.38. The van der Waals surface area contributed by atoms with E-state index >= 15 is 0 Å². The molecule has 0 radical (unpaired) electrons. The van der Waals surface area contributed by atoms with Crippen LogP contribution in [0.4, 0.5) is 10.1 Å². The molecule has 0 bridgehead atoms. The summed E-state index contributed by atoms with van der Waals surface area (Å²) in [5, 5.41) is 11.2. The molecule has 11 heavy (non-hydrogen) atoms. The predicted octanol–water partition coefficient (Wildman–Crippen LogP) is 1.74. The first kappa shape index (κ1) is 7.55. The molecule has 1 N–H and O–H groups in total. The molecule has 0 amide bonds. The van der Waals surface area contributed by atoms with Crippen molar-refractivity contribution in [1.82, 2.24) is 0 Å². The Hall–Kier alpha value is -1.56. The average molecular weight is 150 g/mol. The van der Waals surface area contributed by atoms with Gasteiger partial charge < -0.3 is 5.32 Å². The topological polar surface area (TPSA) is 35.8 Å². The molecule has 0 aliphatic carbocycles. The number of hydrogen-bond donors (Lipinski definition) is 1. The van der Waals surface area contributed by atoms with Gasteiger partial charge >= 0.3 is 0 Å². The first-order valence-corrected chi connectivity index (χ1v) is 3.15. The van der Waals surface area contributed by atoms with Gasteiger partial charge in [-0.3, -0.25) is 0 Å². The molecule has 0 aliphatic heterocycles. The van der Waals surface area contributed by atoms with E-state index in [1.54, 1.807) is 19.2 Å². The smallest absolute Gasteiger partial charge is 0.141 e. The van der Waals surface area contributed by atoms with Gasteiger partial charge in [-0.25, -0.2) is 4.39 Å². The minimum Gasteiger partial charge on any atom is -0.388 e. The Labute approximate surface area is 64.3 Å². The molecule has 0 unspecified atom stereocenters. The number of nitrogens with zero attached hydrogens (tertiary/aromatic N) is 1. The van der Waals surface area contributed by atoms with Crippen LogP contribution in [0.2, 0.25) is 0 Å². The van der Waals surface area contributed by atoms with Crippen molar-refractivity contribution in [3.05, 3.63) is 29.6 Å². The van der Waals surface area contributed by atoms with Gasteiger partial charge in [0.2, 0.25) is 0 Å². The van der Waals surface area contributed by atoms with E-state index in [1.165, 1.54) is 12.1 Å². The van der Waals surface area contributed by atoms with Crippen LogP contribution in [0.15, 0.2) is 18.2 Å². The first-order chi connectivity index (χ1) is 5.27. The minimum atomic E-state index is -0.480. The summed E-state index contributed by atoms with van der Waals surface area (Å²) in [6.07, 6.45) is 0. The molecule has 2 nitrogen and oxygen atoms in total. The molecule has 3 heteroatoms. The molecule has 56 valence electrons. The summed E-state index contributed by atoms with van der Waals surface area (Å²) in [5.74, 6) is -0.480. The van der Waals surface area contributed by atoms with Crippen molar-refractivity contribution < 1.29 is 4.39 Å². The van der Waals surface area contributed by atoms with Crippen LogP contribution in [-0.2, 0) is 0 Å². The summed E-state index contributed by atoms with van der Waals surface area (Å²) in [6.45, 7) is 0. The molecule has 1 rings (SSSR count). The maximum atomic E-state index is 12.7.